The third-order valence-corrected chi connectivity index (χ3v) is 9.48. The molecule has 1 saturated carbocycles. The van der Waals surface area contributed by atoms with Crippen LogP contribution >= 0.6 is 11.6 Å². The smallest absolute Gasteiger partial charge is 0.410 e. The van der Waals surface area contributed by atoms with Gasteiger partial charge >= 0.3 is 6.09 Å². The number of hydrogen-bond acceptors (Lipinski definition) is 9. The van der Waals surface area contributed by atoms with Gasteiger partial charge in [0.2, 0.25) is 21.6 Å². The zero-order chi connectivity index (χ0) is 30.0. The zero-order valence-electron chi connectivity index (χ0n) is 22.7. The highest BCUT2D eigenvalue weighted by Gasteiger charge is 2.56. The third kappa shape index (κ3) is 4.90. The van der Waals surface area contributed by atoms with Crippen LogP contribution in [-0.2, 0) is 31.3 Å². The molecule has 1 aliphatic carbocycles. The second-order valence-electron chi connectivity index (χ2n) is 11.2. The molecule has 11 nitrogen and oxygen atoms in total. The van der Waals surface area contributed by atoms with Gasteiger partial charge in [0.1, 0.15) is 11.5 Å². The van der Waals surface area contributed by atoms with E-state index in [0.29, 0.717) is 29.1 Å². The summed E-state index contributed by atoms with van der Waals surface area (Å²) in [6.07, 6.45) is 0.756. The Hall–Kier alpha value is -3.97. The van der Waals surface area contributed by atoms with E-state index in [2.05, 4.69) is 10.1 Å². The van der Waals surface area contributed by atoms with E-state index in [9.17, 15) is 18.0 Å². The van der Waals surface area contributed by atoms with E-state index >= 15 is 4.39 Å². The third-order valence-electron chi connectivity index (χ3n) is 7.72. The van der Waals surface area contributed by atoms with Gasteiger partial charge in [0.25, 0.3) is 5.91 Å². The molecule has 0 spiro atoms. The number of rotatable bonds is 5. The Kier molecular flexibility index (Phi) is 6.76. The maximum absolute atomic E-state index is 15.6. The van der Waals surface area contributed by atoms with E-state index in [1.807, 2.05) is 0 Å². The van der Waals surface area contributed by atoms with Gasteiger partial charge in [-0.2, -0.15) is 4.98 Å². The van der Waals surface area contributed by atoms with Crippen LogP contribution in [0.25, 0.3) is 11.4 Å². The number of fused-ring (bicyclic) bond motifs is 3. The summed E-state index contributed by atoms with van der Waals surface area (Å²) in [5.74, 6) is -1.32. The molecule has 2 aromatic carbocycles. The van der Waals surface area contributed by atoms with Crippen molar-refractivity contribution in [2.24, 2.45) is 11.7 Å². The van der Waals surface area contributed by atoms with E-state index in [0.717, 1.165) is 23.8 Å². The van der Waals surface area contributed by atoms with Gasteiger partial charge in [-0.05, 0) is 62.4 Å². The Labute approximate surface area is 246 Å². The van der Waals surface area contributed by atoms with E-state index in [-0.39, 0.29) is 41.5 Å². The molecule has 0 unspecified atom stereocenters. The summed E-state index contributed by atoms with van der Waals surface area (Å²) in [6, 6.07) is 8.67. The number of carbonyl (C=O) groups is 2. The molecule has 2 N–H and O–H groups in total. The molecule has 42 heavy (non-hydrogen) atoms. The maximum atomic E-state index is 15.6. The van der Waals surface area contributed by atoms with E-state index < -0.39 is 43.7 Å². The van der Waals surface area contributed by atoms with Crippen molar-refractivity contribution in [3.63, 3.8) is 0 Å². The Morgan fingerprint density at radius 3 is 2.67 bits per heavy atom. The van der Waals surface area contributed by atoms with Gasteiger partial charge < -0.3 is 24.8 Å². The number of sulfone groups is 1. The van der Waals surface area contributed by atoms with Crippen LogP contribution in [0.3, 0.4) is 0 Å². The van der Waals surface area contributed by atoms with Gasteiger partial charge in [-0.3, -0.25) is 4.79 Å². The van der Waals surface area contributed by atoms with Crippen molar-refractivity contribution < 1.29 is 31.7 Å². The summed E-state index contributed by atoms with van der Waals surface area (Å²) in [6.45, 7) is 4.37. The van der Waals surface area contributed by atoms with Crippen molar-refractivity contribution in [1.29, 1.82) is 0 Å². The summed E-state index contributed by atoms with van der Waals surface area (Å²) in [5.41, 5.74) is 5.13. The molecule has 2 bridgehead atoms. The van der Waals surface area contributed by atoms with Crippen molar-refractivity contribution >= 4 is 39.1 Å². The van der Waals surface area contributed by atoms with Crippen LogP contribution < -0.4 is 10.6 Å². The maximum Gasteiger partial charge on any atom is 0.410 e. The predicted octanol–water partition coefficient (Wildman–Crippen LogP) is 4.16. The molecule has 1 aromatic heterocycles. The van der Waals surface area contributed by atoms with Crippen LogP contribution in [0.15, 0.2) is 56.9 Å². The monoisotopic (exact) mass is 615 g/mol. The average molecular weight is 616 g/mol. The van der Waals surface area contributed by atoms with Gasteiger partial charge in [-0.25, -0.2) is 17.6 Å². The van der Waals surface area contributed by atoms with Gasteiger partial charge in [0, 0.05) is 18.1 Å². The van der Waals surface area contributed by atoms with Crippen LogP contribution in [0.1, 0.15) is 38.1 Å². The summed E-state index contributed by atoms with van der Waals surface area (Å²) in [4.78, 5) is 32.7. The fraction of sp³-hybridized carbons (Fsp3) is 0.357. The Balaban J connectivity index is 1.37. The second kappa shape index (κ2) is 10.1. The Morgan fingerprint density at radius 1 is 1.26 bits per heavy atom. The lowest BCUT2D eigenvalue weighted by Gasteiger charge is -2.53. The number of nitrogens with two attached hydrogens (primary N) is 1. The molecule has 7 rings (SSSR count). The highest BCUT2D eigenvalue weighted by atomic mass is 35.5. The number of carbonyl (C=O) groups excluding carboxylic acids is 2. The lowest BCUT2D eigenvalue weighted by atomic mass is 9.58. The summed E-state index contributed by atoms with van der Waals surface area (Å²) in [5, 5.41) is 5.12. The van der Waals surface area contributed by atoms with E-state index in [1.54, 1.807) is 43.0 Å². The lowest BCUT2D eigenvalue weighted by molar-refractivity contribution is -0.115. The molecule has 2 amide bonds. The summed E-state index contributed by atoms with van der Waals surface area (Å²) < 4.78 is 52.7. The summed E-state index contributed by atoms with van der Waals surface area (Å²) >= 11 is 5.99. The largest absolute Gasteiger partial charge is 0.447 e. The standard InChI is InChI=1S/C28H27ClFN5O6S/c1-15(2)40-27(37)34-11-17-9-28(10-17,14-34)26-32-24(33-41-26)19-7-22-23(8-20(19)30)42(38,39)13-21(31)25(36)35(22)12-16-3-5-18(29)6-4-16/h3-8,13,15,17H,9-12,14,31H2,1-2H3. The molecule has 0 atom stereocenters. The van der Waals surface area contributed by atoms with Crippen LogP contribution in [0.5, 0.6) is 0 Å². The molecule has 220 valence electrons. The van der Waals surface area contributed by atoms with Crippen molar-refractivity contribution in [1.82, 2.24) is 15.0 Å². The quantitative estimate of drug-likeness (QED) is 0.446. The second-order valence-corrected chi connectivity index (χ2v) is 13.4. The fourth-order valence-corrected chi connectivity index (χ4v) is 7.30. The number of piperidine rings is 2. The molecule has 3 aromatic rings. The van der Waals surface area contributed by atoms with Crippen molar-refractivity contribution in [3.05, 3.63) is 69.8 Å². The first kappa shape index (κ1) is 28.2. The number of aromatic nitrogens is 2. The number of hydrogen-bond donors (Lipinski definition) is 1. The van der Waals surface area contributed by atoms with Crippen LogP contribution in [0, 0.1) is 11.7 Å². The van der Waals surface area contributed by atoms with Crippen LogP contribution in [0.4, 0.5) is 14.9 Å². The number of ether oxygens (including phenoxy) is 1. The number of anilines is 1. The SMILES string of the molecule is CC(C)OC(=O)N1CC2CC(c3nc(-c4cc5c(cc4F)S(=O)(=O)C=C(N)C(=O)N5Cc4ccc(Cl)cc4)no3)(C2)C1. The van der Waals surface area contributed by atoms with Gasteiger partial charge in [0.05, 0.1) is 39.6 Å². The molecule has 3 fully saturated rings. The van der Waals surface area contributed by atoms with Gasteiger partial charge in [-0.1, -0.05) is 28.9 Å². The van der Waals surface area contributed by atoms with Crippen LogP contribution in [0.2, 0.25) is 5.02 Å². The lowest BCUT2D eigenvalue weighted by Crippen LogP contribution is -2.60. The average Bonchev–Trinajstić information content (AvgIpc) is 3.40. The minimum atomic E-state index is -4.28. The number of nitrogens with zero attached hydrogens (tertiary/aromatic N) is 4. The first-order chi connectivity index (χ1) is 19.8. The normalized spacial score (nSPS) is 22.7. The molecular formula is C28H27ClFN5O6S. The molecular weight excluding hydrogens is 589 g/mol. The van der Waals surface area contributed by atoms with Gasteiger partial charge in [-0.15, -0.1) is 0 Å². The molecule has 2 saturated heterocycles. The predicted molar refractivity (Wildman–Crippen MR) is 149 cm³/mol. The molecule has 0 radical (unpaired) electrons. The number of halogens is 2. The Morgan fingerprint density at radius 2 is 1.98 bits per heavy atom. The zero-order valence-corrected chi connectivity index (χ0v) is 24.3. The minimum absolute atomic E-state index is 0.0670. The first-order valence-electron chi connectivity index (χ1n) is 13.3. The molecule has 4 aliphatic rings. The van der Waals surface area contributed by atoms with E-state index in [1.165, 1.54) is 6.07 Å². The fourth-order valence-electron chi connectivity index (χ4n) is 5.88. The first-order valence-corrected chi connectivity index (χ1v) is 15.2. The Bertz CT molecular complexity index is 1730. The highest BCUT2D eigenvalue weighted by Crippen LogP contribution is 2.52. The highest BCUT2D eigenvalue weighted by molar-refractivity contribution is 7.94. The number of amides is 2. The topological polar surface area (TPSA) is 149 Å². The molecule has 3 aliphatic heterocycles. The van der Waals surface area contributed by atoms with Gasteiger partial charge in [0.15, 0.2) is 0 Å². The minimum Gasteiger partial charge on any atom is -0.447 e. The van der Waals surface area contributed by atoms with Crippen LogP contribution in [-0.4, -0.2) is 54.7 Å². The summed E-state index contributed by atoms with van der Waals surface area (Å²) in [7, 11) is -4.28. The van der Waals surface area contributed by atoms with Crippen molar-refractivity contribution in [2.75, 3.05) is 18.0 Å². The molecule has 14 heteroatoms. The van der Waals surface area contributed by atoms with E-state index in [4.69, 9.17) is 26.6 Å². The van der Waals surface area contributed by atoms with Crippen molar-refractivity contribution in [2.45, 2.75) is 49.6 Å². The number of benzene rings is 2. The molecule has 4 heterocycles. The van der Waals surface area contributed by atoms with Crippen molar-refractivity contribution in [3.8, 4) is 11.4 Å².